The van der Waals surface area contributed by atoms with Crippen LogP contribution in [0.2, 0.25) is 18.1 Å². The smallest absolute Gasteiger partial charge is 0.192 e. The Morgan fingerprint density at radius 1 is 1.19 bits per heavy atom. The summed E-state index contributed by atoms with van der Waals surface area (Å²) < 4.78 is 6.81. The highest BCUT2D eigenvalue weighted by Crippen LogP contribution is 2.58. The van der Waals surface area contributed by atoms with Crippen LogP contribution in [0.25, 0.3) is 0 Å². The molecule has 0 heterocycles. The predicted molar refractivity (Wildman–Crippen MR) is 91.9 cm³/mol. The van der Waals surface area contributed by atoms with E-state index < -0.39 is 8.32 Å². The first-order valence-electron chi connectivity index (χ1n) is 8.85. The fourth-order valence-electron chi connectivity index (χ4n) is 4.65. The molecule has 0 aromatic carbocycles. The first-order valence-corrected chi connectivity index (χ1v) is 11.8. The highest BCUT2D eigenvalue weighted by atomic mass is 28.4. The van der Waals surface area contributed by atoms with E-state index in [9.17, 15) is 5.11 Å². The van der Waals surface area contributed by atoms with Gasteiger partial charge in [0.15, 0.2) is 8.32 Å². The maximum absolute atomic E-state index is 10.2. The summed E-state index contributed by atoms with van der Waals surface area (Å²) in [5.74, 6) is 1.12. The zero-order valence-corrected chi connectivity index (χ0v) is 16.2. The molecule has 0 spiro atoms. The van der Waals surface area contributed by atoms with Gasteiger partial charge in [0.2, 0.25) is 0 Å². The van der Waals surface area contributed by atoms with Crippen molar-refractivity contribution in [3.05, 3.63) is 0 Å². The topological polar surface area (TPSA) is 29.5 Å². The van der Waals surface area contributed by atoms with Crippen molar-refractivity contribution in [3.63, 3.8) is 0 Å². The second kappa shape index (κ2) is 5.65. The lowest BCUT2D eigenvalue weighted by atomic mass is 9.63. The summed E-state index contributed by atoms with van der Waals surface area (Å²) in [4.78, 5) is 0. The van der Waals surface area contributed by atoms with Gasteiger partial charge in [-0.1, -0.05) is 34.1 Å². The minimum absolute atomic E-state index is 0.174. The van der Waals surface area contributed by atoms with E-state index in [0.29, 0.717) is 23.4 Å². The Labute approximate surface area is 132 Å². The number of fused-ring (bicyclic) bond motifs is 1. The van der Waals surface area contributed by atoms with Gasteiger partial charge in [-0.15, -0.1) is 0 Å². The molecule has 2 nitrogen and oxygen atoms in total. The van der Waals surface area contributed by atoms with Gasteiger partial charge in [-0.3, -0.25) is 0 Å². The quantitative estimate of drug-likeness (QED) is 0.745. The van der Waals surface area contributed by atoms with Crippen LogP contribution in [0.4, 0.5) is 0 Å². The molecule has 0 bridgehead atoms. The average molecular weight is 313 g/mol. The molecule has 0 aliphatic heterocycles. The molecule has 0 aromatic rings. The fourth-order valence-corrected chi connectivity index (χ4v) is 6.04. The Kier molecular flexibility index (Phi) is 4.70. The van der Waals surface area contributed by atoms with Gasteiger partial charge in [0.1, 0.15) is 0 Å². The van der Waals surface area contributed by atoms with Gasteiger partial charge >= 0.3 is 0 Å². The van der Waals surface area contributed by atoms with Crippen molar-refractivity contribution in [1.29, 1.82) is 0 Å². The maximum atomic E-state index is 10.2. The molecule has 2 saturated carbocycles. The van der Waals surface area contributed by atoms with Gasteiger partial charge in [-0.05, 0) is 68.0 Å². The minimum atomic E-state index is -1.70. The van der Waals surface area contributed by atoms with Gasteiger partial charge in [0.05, 0.1) is 6.10 Å². The Bertz CT molecular complexity index is 372. The van der Waals surface area contributed by atoms with Crippen molar-refractivity contribution in [3.8, 4) is 0 Å². The Morgan fingerprint density at radius 3 is 2.33 bits per heavy atom. The van der Waals surface area contributed by atoms with E-state index in [4.69, 9.17) is 4.43 Å². The third-order valence-electron chi connectivity index (χ3n) is 6.97. The maximum Gasteiger partial charge on any atom is 0.192 e. The van der Waals surface area contributed by atoms with E-state index in [0.717, 1.165) is 0 Å². The fraction of sp³-hybridized carbons (Fsp3) is 1.00. The third-order valence-corrected chi connectivity index (χ3v) is 11.5. The summed E-state index contributed by atoms with van der Waals surface area (Å²) in [5.41, 5.74) is 0.291. The SMILES string of the molecule is C[C@@H](O)[C@H]1CC[C@H]2[C@@H](O[Si](C)(C)C(C)(C)C)CCC[C@]12C. The van der Waals surface area contributed by atoms with Gasteiger partial charge < -0.3 is 9.53 Å². The molecule has 2 aliphatic carbocycles. The van der Waals surface area contributed by atoms with Crippen LogP contribution in [0.1, 0.15) is 66.7 Å². The summed E-state index contributed by atoms with van der Waals surface area (Å²) in [6, 6.07) is 0. The molecule has 0 saturated heterocycles. The number of aliphatic hydroxyl groups is 1. The lowest BCUT2D eigenvalue weighted by Gasteiger charge is -2.49. The highest BCUT2D eigenvalue weighted by molar-refractivity contribution is 6.74. The Hall–Kier alpha value is 0.137. The molecule has 5 atom stereocenters. The predicted octanol–water partition coefficient (Wildman–Crippen LogP) is 4.97. The van der Waals surface area contributed by atoms with Crippen LogP contribution in [0, 0.1) is 17.3 Å². The van der Waals surface area contributed by atoms with Crippen LogP contribution in [0.15, 0.2) is 0 Å². The standard InChI is InChI=1S/C18H36O2Si/c1-13(19)14-10-11-15-16(9-8-12-18(14,15)5)20-21(6,7)17(2,3)4/h13-16,19H,8-12H2,1-7H3/t13-,14-,15+,16+,18-/m1/s1. The number of aliphatic hydroxyl groups excluding tert-OH is 1. The van der Waals surface area contributed by atoms with Crippen LogP contribution in [0.5, 0.6) is 0 Å². The molecule has 1 N–H and O–H groups in total. The van der Waals surface area contributed by atoms with E-state index in [-0.39, 0.29) is 11.1 Å². The lowest BCUT2D eigenvalue weighted by Crippen LogP contribution is -2.50. The molecule has 2 aliphatic rings. The minimum Gasteiger partial charge on any atom is -0.414 e. The van der Waals surface area contributed by atoms with Gasteiger partial charge in [0.25, 0.3) is 0 Å². The van der Waals surface area contributed by atoms with Crippen LogP contribution in [0.3, 0.4) is 0 Å². The van der Waals surface area contributed by atoms with Crippen molar-refractivity contribution < 1.29 is 9.53 Å². The zero-order valence-electron chi connectivity index (χ0n) is 15.2. The van der Waals surface area contributed by atoms with Gasteiger partial charge in [-0.25, -0.2) is 0 Å². The molecule has 2 fully saturated rings. The number of hydrogen-bond acceptors (Lipinski definition) is 2. The summed E-state index contributed by atoms with van der Waals surface area (Å²) in [6.45, 7) is 16.1. The second-order valence-corrected chi connectivity index (χ2v) is 14.1. The highest BCUT2D eigenvalue weighted by Gasteiger charge is 2.54. The van der Waals surface area contributed by atoms with Crippen molar-refractivity contribution >= 4 is 8.32 Å². The van der Waals surface area contributed by atoms with Crippen LogP contribution in [-0.2, 0) is 4.43 Å². The molecule has 3 heteroatoms. The Balaban J connectivity index is 2.17. The van der Waals surface area contributed by atoms with Crippen LogP contribution >= 0.6 is 0 Å². The molecule has 0 unspecified atom stereocenters. The molecule has 0 radical (unpaired) electrons. The summed E-state index contributed by atoms with van der Waals surface area (Å²) in [5, 5.41) is 10.5. The summed E-state index contributed by atoms with van der Waals surface area (Å²) >= 11 is 0. The van der Waals surface area contributed by atoms with E-state index in [2.05, 4.69) is 40.8 Å². The molecular formula is C18H36O2Si. The summed E-state index contributed by atoms with van der Waals surface area (Å²) in [7, 11) is -1.70. The van der Waals surface area contributed by atoms with Crippen LogP contribution < -0.4 is 0 Å². The monoisotopic (exact) mass is 312 g/mol. The average Bonchev–Trinajstić information content (AvgIpc) is 2.65. The molecular weight excluding hydrogens is 276 g/mol. The zero-order chi connectivity index (χ0) is 16.1. The van der Waals surface area contributed by atoms with E-state index >= 15 is 0 Å². The van der Waals surface area contributed by atoms with E-state index in [1.165, 1.54) is 32.1 Å². The van der Waals surface area contributed by atoms with E-state index in [1.807, 2.05) is 6.92 Å². The van der Waals surface area contributed by atoms with Crippen molar-refractivity contribution in [2.45, 2.75) is 97.1 Å². The first kappa shape index (κ1) is 17.5. The third kappa shape index (κ3) is 3.11. The lowest BCUT2D eigenvalue weighted by molar-refractivity contribution is -0.0384. The molecule has 124 valence electrons. The normalized spacial score (nSPS) is 39.1. The molecule has 0 amide bonds. The largest absolute Gasteiger partial charge is 0.414 e. The molecule has 2 rings (SSSR count). The van der Waals surface area contributed by atoms with Crippen LogP contribution in [-0.4, -0.2) is 25.6 Å². The van der Waals surface area contributed by atoms with Gasteiger partial charge in [0, 0.05) is 6.10 Å². The van der Waals surface area contributed by atoms with E-state index in [1.54, 1.807) is 0 Å². The summed E-state index contributed by atoms with van der Waals surface area (Å²) in [6.07, 6.45) is 6.42. The van der Waals surface area contributed by atoms with Gasteiger partial charge in [-0.2, -0.15) is 0 Å². The van der Waals surface area contributed by atoms with Crippen molar-refractivity contribution in [1.82, 2.24) is 0 Å². The first-order chi connectivity index (χ1) is 9.49. The number of rotatable bonds is 3. The Morgan fingerprint density at radius 2 is 1.81 bits per heavy atom. The molecule has 21 heavy (non-hydrogen) atoms. The number of hydrogen-bond donors (Lipinski definition) is 1. The second-order valence-electron chi connectivity index (χ2n) is 9.35. The molecule has 0 aromatic heterocycles. The van der Waals surface area contributed by atoms with Crippen molar-refractivity contribution in [2.75, 3.05) is 0 Å². The van der Waals surface area contributed by atoms with Crippen molar-refractivity contribution in [2.24, 2.45) is 17.3 Å².